The van der Waals surface area contributed by atoms with E-state index in [1.165, 1.54) is 0 Å². The van der Waals surface area contributed by atoms with Gasteiger partial charge in [0.15, 0.2) is 0 Å². The summed E-state index contributed by atoms with van der Waals surface area (Å²) >= 11 is 4.75. The molecular formula is C11H15NO2S. The van der Waals surface area contributed by atoms with Crippen LogP contribution in [-0.2, 0) is 11.2 Å². The first-order valence-corrected chi connectivity index (χ1v) is 4.77. The van der Waals surface area contributed by atoms with Crippen molar-refractivity contribution in [3.63, 3.8) is 0 Å². The van der Waals surface area contributed by atoms with Crippen molar-refractivity contribution in [2.45, 2.75) is 6.42 Å². The van der Waals surface area contributed by atoms with Gasteiger partial charge in [0.05, 0.1) is 4.99 Å². The van der Waals surface area contributed by atoms with Crippen LogP contribution in [0.1, 0.15) is 15.9 Å². The smallest absolute Gasteiger partial charge is 0.150 e. The maximum Gasteiger partial charge on any atom is 0.150 e. The molecule has 0 aliphatic rings. The number of carbonyl (C=O) groups is 1. The highest BCUT2D eigenvalue weighted by atomic mass is 32.1. The molecule has 0 aromatic heterocycles. The van der Waals surface area contributed by atoms with Crippen LogP contribution in [0, 0.1) is 0 Å². The Morgan fingerprint density at radius 3 is 2.60 bits per heavy atom. The van der Waals surface area contributed by atoms with Crippen molar-refractivity contribution < 1.29 is 9.53 Å². The molecule has 4 heteroatoms. The van der Waals surface area contributed by atoms with Crippen molar-refractivity contribution in [3.8, 4) is 0 Å². The Bertz CT molecular complexity index is 326. The SMILES string of the molecule is COC.NC(=S)Cc1cccc(C=O)c1. The van der Waals surface area contributed by atoms with Crippen LogP contribution in [0.25, 0.3) is 0 Å². The fraction of sp³-hybridized carbons (Fsp3) is 0.273. The zero-order valence-electron chi connectivity index (χ0n) is 8.90. The molecule has 0 amide bonds. The minimum absolute atomic E-state index is 0.443. The Hall–Kier alpha value is -1.26. The molecule has 0 saturated heterocycles. The molecule has 15 heavy (non-hydrogen) atoms. The Kier molecular flexibility index (Phi) is 7.40. The predicted molar refractivity (Wildman–Crippen MR) is 65.3 cm³/mol. The lowest BCUT2D eigenvalue weighted by molar-refractivity contribution is 0.112. The van der Waals surface area contributed by atoms with Crippen molar-refractivity contribution >= 4 is 23.5 Å². The van der Waals surface area contributed by atoms with Gasteiger partial charge in [0.25, 0.3) is 0 Å². The summed E-state index contributed by atoms with van der Waals surface area (Å²) in [5, 5.41) is 0. The first-order chi connectivity index (χ1) is 7.13. The first kappa shape index (κ1) is 13.7. The maximum absolute atomic E-state index is 10.4. The molecule has 3 nitrogen and oxygen atoms in total. The molecule has 0 bridgehead atoms. The van der Waals surface area contributed by atoms with E-state index in [-0.39, 0.29) is 0 Å². The van der Waals surface area contributed by atoms with Crippen molar-refractivity contribution in [1.82, 2.24) is 0 Å². The van der Waals surface area contributed by atoms with Crippen LogP contribution < -0.4 is 5.73 Å². The molecule has 0 spiro atoms. The van der Waals surface area contributed by atoms with E-state index in [9.17, 15) is 4.79 Å². The van der Waals surface area contributed by atoms with Gasteiger partial charge in [-0.25, -0.2) is 0 Å². The molecule has 0 radical (unpaired) electrons. The maximum atomic E-state index is 10.4. The number of ether oxygens (including phenoxy) is 1. The van der Waals surface area contributed by atoms with E-state index in [1.54, 1.807) is 26.4 Å². The number of aldehydes is 1. The van der Waals surface area contributed by atoms with Gasteiger partial charge >= 0.3 is 0 Å². The van der Waals surface area contributed by atoms with Crippen LogP contribution in [0.2, 0.25) is 0 Å². The minimum atomic E-state index is 0.443. The molecule has 1 rings (SSSR count). The average Bonchev–Trinajstić information content (AvgIpc) is 2.18. The van der Waals surface area contributed by atoms with E-state index in [4.69, 9.17) is 18.0 Å². The number of carbonyl (C=O) groups excluding carboxylic acids is 1. The molecule has 0 heterocycles. The second kappa shape index (κ2) is 8.08. The van der Waals surface area contributed by atoms with E-state index in [0.29, 0.717) is 17.0 Å². The molecule has 82 valence electrons. The number of thiocarbonyl (C=S) groups is 1. The molecule has 1 aromatic carbocycles. The fourth-order valence-corrected chi connectivity index (χ4v) is 1.14. The summed E-state index contributed by atoms with van der Waals surface area (Å²) in [6.45, 7) is 0. The van der Waals surface area contributed by atoms with E-state index < -0.39 is 0 Å². The fourth-order valence-electron chi connectivity index (χ4n) is 0.978. The number of hydrogen-bond donors (Lipinski definition) is 1. The summed E-state index contributed by atoms with van der Waals surface area (Å²) in [5.74, 6) is 0. The van der Waals surface area contributed by atoms with Crippen molar-refractivity contribution in [1.29, 1.82) is 0 Å². The summed E-state index contributed by atoms with van der Waals surface area (Å²) in [5.41, 5.74) is 6.99. The summed E-state index contributed by atoms with van der Waals surface area (Å²) in [6, 6.07) is 7.24. The van der Waals surface area contributed by atoms with Gasteiger partial charge in [0, 0.05) is 26.2 Å². The number of benzene rings is 1. The molecule has 0 aliphatic heterocycles. The van der Waals surface area contributed by atoms with Gasteiger partial charge in [-0.15, -0.1) is 0 Å². The monoisotopic (exact) mass is 225 g/mol. The lowest BCUT2D eigenvalue weighted by Crippen LogP contribution is -2.10. The number of methoxy groups -OCH3 is 1. The molecule has 0 aliphatic carbocycles. The summed E-state index contributed by atoms with van der Waals surface area (Å²) in [7, 11) is 3.25. The lowest BCUT2D eigenvalue weighted by Gasteiger charge is -1.98. The van der Waals surface area contributed by atoms with E-state index >= 15 is 0 Å². The molecule has 0 atom stereocenters. The molecule has 0 unspecified atom stereocenters. The standard InChI is InChI=1S/C9H9NOS.C2H6O/c10-9(12)5-7-2-1-3-8(4-7)6-11;1-3-2/h1-4,6H,5H2,(H2,10,12);1-2H3. The third-order valence-corrected chi connectivity index (χ3v) is 1.61. The Morgan fingerprint density at radius 2 is 2.13 bits per heavy atom. The molecular weight excluding hydrogens is 210 g/mol. The predicted octanol–water partition coefficient (Wildman–Crippen LogP) is 1.59. The summed E-state index contributed by atoms with van der Waals surface area (Å²) < 4.78 is 4.25. The third-order valence-electron chi connectivity index (χ3n) is 1.47. The van der Waals surface area contributed by atoms with Crippen molar-refractivity contribution in [2.24, 2.45) is 5.73 Å². The topological polar surface area (TPSA) is 52.3 Å². The summed E-state index contributed by atoms with van der Waals surface area (Å²) in [6.07, 6.45) is 1.36. The molecule has 0 fully saturated rings. The highest BCUT2D eigenvalue weighted by molar-refractivity contribution is 7.80. The largest absolute Gasteiger partial charge is 0.393 e. The van der Waals surface area contributed by atoms with Crippen LogP contribution in [0.3, 0.4) is 0 Å². The van der Waals surface area contributed by atoms with Gasteiger partial charge in [-0.3, -0.25) is 4.79 Å². The van der Waals surface area contributed by atoms with E-state index in [2.05, 4.69) is 4.74 Å². The van der Waals surface area contributed by atoms with Crippen molar-refractivity contribution in [2.75, 3.05) is 14.2 Å². The van der Waals surface area contributed by atoms with Gasteiger partial charge in [-0.1, -0.05) is 30.4 Å². The van der Waals surface area contributed by atoms with Crippen LogP contribution in [0.4, 0.5) is 0 Å². The Morgan fingerprint density at radius 1 is 1.53 bits per heavy atom. The quantitative estimate of drug-likeness (QED) is 0.627. The van der Waals surface area contributed by atoms with Crippen LogP contribution in [0.15, 0.2) is 24.3 Å². The van der Waals surface area contributed by atoms with Crippen LogP contribution in [0.5, 0.6) is 0 Å². The Balaban J connectivity index is 0.000000583. The van der Waals surface area contributed by atoms with Gasteiger partial charge < -0.3 is 10.5 Å². The molecule has 2 N–H and O–H groups in total. The normalized spacial score (nSPS) is 8.67. The minimum Gasteiger partial charge on any atom is -0.393 e. The van der Waals surface area contributed by atoms with E-state index in [1.807, 2.05) is 12.1 Å². The summed E-state index contributed by atoms with van der Waals surface area (Å²) in [4.78, 5) is 10.8. The zero-order valence-corrected chi connectivity index (χ0v) is 9.71. The first-order valence-electron chi connectivity index (χ1n) is 4.36. The van der Waals surface area contributed by atoms with Crippen LogP contribution >= 0.6 is 12.2 Å². The van der Waals surface area contributed by atoms with Crippen LogP contribution in [-0.4, -0.2) is 25.5 Å². The van der Waals surface area contributed by atoms with Gasteiger partial charge in [-0.05, 0) is 11.6 Å². The Labute approximate surface area is 95.2 Å². The van der Waals surface area contributed by atoms with Crippen molar-refractivity contribution in [3.05, 3.63) is 35.4 Å². The third kappa shape index (κ3) is 6.76. The average molecular weight is 225 g/mol. The number of hydrogen-bond acceptors (Lipinski definition) is 3. The zero-order chi connectivity index (χ0) is 11.7. The van der Waals surface area contributed by atoms with Gasteiger partial charge in [0.2, 0.25) is 0 Å². The number of nitrogens with two attached hydrogens (primary N) is 1. The number of rotatable bonds is 3. The van der Waals surface area contributed by atoms with E-state index in [0.717, 1.165) is 11.8 Å². The highest BCUT2D eigenvalue weighted by Gasteiger charge is 1.95. The van der Waals surface area contributed by atoms with Gasteiger partial charge in [0.1, 0.15) is 6.29 Å². The lowest BCUT2D eigenvalue weighted by atomic mass is 10.1. The molecule has 1 aromatic rings. The molecule has 0 saturated carbocycles. The second-order valence-corrected chi connectivity index (χ2v) is 3.44. The second-order valence-electron chi connectivity index (χ2n) is 2.91. The highest BCUT2D eigenvalue weighted by Crippen LogP contribution is 2.03. The van der Waals surface area contributed by atoms with Gasteiger partial charge in [-0.2, -0.15) is 0 Å².